The van der Waals surface area contributed by atoms with Crippen molar-refractivity contribution in [3.8, 4) is 6.07 Å². The molecule has 0 amide bonds. The fourth-order valence-corrected chi connectivity index (χ4v) is 2.86. The molecule has 0 fully saturated rings. The van der Waals surface area contributed by atoms with Gasteiger partial charge in [-0.2, -0.15) is 5.26 Å². The third-order valence-electron chi connectivity index (χ3n) is 3.45. The lowest BCUT2D eigenvalue weighted by molar-refractivity contribution is 0.719. The second-order valence-corrected chi connectivity index (χ2v) is 4.44. The second-order valence-electron chi connectivity index (χ2n) is 4.44. The molecule has 0 saturated heterocycles. The lowest BCUT2D eigenvalue weighted by atomic mass is 9.96. The highest BCUT2D eigenvalue weighted by Crippen LogP contribution is 2.36. The Balaban J connectivity index is 2.11. The van der Waals surface area contributed by atoms with Gasteiger partial charge in [0.15, 0.2) is 0 Å². The molecule has 3 rings (SSSR count). The Morgan fingerprint density at radius 2 is 2.00 bits per heavy atom. The van der Waals surface area contributed by atoms with E-state index < -0.39 is 0 Å². The number of anilines is 1. The SMILES string of the molecule is N#CCc1cc2c3c(c1)CCN3CCC2. The van der Waals surface area contributed by atoms with E-state index in [0.29, 0.717) is 6.42 Å². The van der Waals surface area contributed by atoms with Gasteiger partial charge in [0, 0.05) is 18.8 Å². The van der Waals surface area contributed by atoms with Gasteiger partial charge >= 0.3 is 0 Å². The van der Waals surface area contributed by atoms with E-state index in [4.69, 9.17) is 5.26 Å². The zero-order valence-corrected chi connectivity index (χ0v) is 8.79. The Hall–Kier alpha value is -1.49. The lowest BCUT2D eigenvalue weighted by Crippen LogP contribution is -2.26. The van der Waals surface area contributed by atoms with Crippen molar-refractivity contribution >= 4 is 5.69 Å². The summed E-state index contributed by atoms with van der Waals surface area (Å²) in [7, 11) is 0. The van der Waals surface area contributed by atoms with Crippen LogP contribution in [0.4, 0.5) is 5.69 Å². The third-order valence-corrected chi connectivity index (χ3v) is 3.45. The van der Waals surface area contributed by atoms with Crippen LogP contribution in [0.5, 0.6) is 0 Å². The maximum atomic E-state index is 8.74. The Morgan fingerprint density at radius 1 is 1.20 bits per heavy atom. The number of hydrogen-bond donors (Lipinski definition) is 0. The molecular weight excluding hydrogens is 184 g/mol. The third kappa shape index (κ3) is 1.31. The van der Waals surface area contributed by atoms with Gasteiger partial charge in [-0.25, -0.2) is 0 Å². The van der Waals surface area contributed by atoms with Crippen molar-refractivity contribution in [3.63, 3.8) is 0 Å². The zero-order valence-electron chi connectivity index (χ0n) is 8.79. The molecule has 2 nitrogen and oxygen atoms in total. The summed E-state index contributed by atoms with van der Waals surface area (Å²) in [6, 6.07) is 6.71. The van der Waals surface area contributed by atoms with Crippen LogP contribution in [0.1, 0.15) is 23.1 Å². The molecule has 1 aromatic carbocycles. The van der Waals surface area contributed by atoms with Crippen LogP contribution in [0.25, 0.3) is 0 Å². The van der Waals surface area contributed by atoms with Gasteiger partial charge in [-0.05, 0) is 36.0 Å². The number of rotatable bonds is 1. The smallest absolute Gasteiger partial charge is 0.0669 e. The average Bonchev–Trinajstić information content (AvgIpc) is 2.64. The molecule has 0 atom stereocenters. The van der Waals surface area contributed by atoms with Crippen LogP contribution in [-0.4, -0.2) is 13.1 Å². The van der Waals surface area contributed by atoms with E-state index in [0.717, 1.165) is 0 Å². The van der Waals surface area contributed by atoms with Crippen LogP contribution in [0, 0.1) is 11.3 Å². The van der Waals surface area contributed by atoms with Crippen LogP contribution in [-0.2, 0) is 19.3 Å². The van der Waals surface area contributed by atoms with Gasteiger partial charge in [0.25, 0.3) is 0 Å². The van der Waals surface area contributed by atoms with E-state index in [-0.39, 0.29) is 0 Å². The Labute approximate surface area is 90.1 Å². The first-order valence-corrected chi connectivity index (χ1v) is 5.65. The Kier molecular flexibility index (Phi) is 1.92. The molecule has 2 aliphatic rings. The minimum atomic E-state index is 0.556. The molecule has 2 heterocycles. The number of benzene rings is 1. The predicted molar refractivity (Wildman–Crippen MR) is 60.0 cm³/mol. The van der Waals surface area contributed by atoms with Gasteiger partial charge in [0.1, 0.15) is 0 Å². The van der Waals surface area contributed by atoms with Gasteiger partial charge in [-0.1, -0.05) is 12.1 Å². The largest absolute Gasteiger partial charge is 0.371 e. The van der Waals surface area contributed by atoms with Crippen LogP contribution < -0.4 is 4.90 Å². The molecule has 0 spiro atoms. The maximum absolute atomic E-state index is 8.74. The van der Waals surface area contributed by atoms with E-state index in [1.165, 1.54) is 54.7 Å². The van der Waals surface area contributed by atoms with Gasteiger partial charge in [0.05, 0.1) is 12.5 Å². The summed E-state index contributed by atoms with van der Waals surface area (Å²) in [5.41, 5.74) is 5.64. The van der Waals surface area contributed by atoms with Gasteiger partial charge in [0.2, 0.25) is 0 Å². The first kappa shape index (κ1) is 8.79. The molecule has 0 aliphatic carbocycles. The van der Waals surface area contributed by atoms with E-state index in [1.807, 2.05) is 0 Å². The van der Waals surface area contributed by atoms with Crippen molar-refractivity contribution in [1.82, 2.24) is 0 Å². The summed E-state index contributed by atoms with van der Waals surface area (Å²) in [4.78, 5) is 2.50. The second kappa shape index (κ2) is 3.27. The average molecular weight is 198 g/mol. The highest BCUT2D eigenvalue weighted by molar-refractivity contribution is 5.66. The fourth-order valence-electron chi connectivity index (χ4n) is 2.86. The van der Waals surface area contributed by atoms with E-state index >= 15 is 0 Å². The predicted octanol–water partition coefficient (Wildman–Crippen LogP) is 2.06. The van der Waals surface area contributed by atoms with Gasteiger partial charge < -0.3 is 4.90 Å². The number of nitrogens with zero attached hydrogens (tertiary/aromatic N) is 2. The van der Waals surface area contributed by atoms with Crippen LogP contribution in [0.3, 0.4) is 0 Å². The maximum Gasteiger partial charge on any atom is 0.0669 e. The monoisotopic (exact) mass is 198 g/mol. The highest BCUT2D eigenvalue weighted by atomic mass is 15.2. The molecule has 0 aromatic heterocycles. The van der Waals surface area contributed by atoms with Crippen LogP contribution in [0.2, 0.25) is 0 Å². The van der Waals surface area contributed by atoms with Crippen LogP contribution in [0.15, 0.2) is 12.1 Å². The summed E-state index contributed by atoms with van der Waals surface area (Å²) in [5.74, 6) is 0. The molecule has 0 N–H and O–H groups in total. The van der Waals surface area contributed by atoms with Crippen molar-refractivity contribution in [3.05, 3.63) is 28.8 Å². The molecule has 0 unspecified atom stereocenters. The molecule has 2 heteroatoms. The van der Waals surface area contributed by atoms with E-state index in [2.05, 4.69) is 23.1 Å². The first-order valence-electron chi connectivity index (χ1n) is 5.65. The standard InChI is InChI=1S/C13H14N2/c14-5-3-10-8-11-2-1-6-15-7-4-12(9-10)13(11)15/h8-9H,1-4,6-7H2. The quantitative estimate of drug-likeness (QED) is 0.690. The minimum Gasteiger partial charge on any atom is -0.371 e. The van der Waals surface area contributed by atoms with E-state index in [1.54, 1.807) is 0 Å². The molecule has 2 aliphatic heterocycles. The molecule has 0 bridgehead atoms. The van der Waals surface area contributed by atoms with Crippen molar-refractivity contribution in [2.75, 3.05) is 18.0 Å². The lowest BCUT2D eigenvalue weighted by Gasteiger charge is -2.27. The first-order chi connectivity index (χ1) is 7.38. The normalized spacial score (nSPS) is 17.4. The summed E-state index contributed by atoms with van der Waals surface area (Å²) in [6.45, 7) is 2.40. The highest BCUT2D eigenvalue weighted by Gasteiger charge is 2.25. The van der Waals surface area contributed by atoms with Gasteiger partial charge in [-0.3, -0.25) is 0 Å². The van der Waals surface area contributed by atoms with Crippen molar-refractivity contribution in [1.29, 1.82) is 5.26 Å². The van der Waals surface area contributed by atoms with Crippen molar-refractivity contribution in [2.24, 2.45) is 0 Å². The molecule has 76 valence electrons. The Bertz CT molecular complexity index is 443. The summed E-state index contributed by atoms with van der Waals surface area (Å²) >= 11 is 0. The topological polar surface area (TPSA) is 27.0 Å². The summed E-state index contributed by atoms with van der Waals surface area (Å²) in [6.07, 6.45) is 4.18. The molecule has 0 radical (unpaired) electrons. The van der Waals surface area contributed by atoms with Gasteiger partial charge in [-0.15, -0.1) is 0 Å². The molecule has 1 aromatic rings. The Morgan fingerprint density at radius 3 is 2.80 bits per heavy atom. The van der Waals surface area contributed by atoms with Crippen molar-refractivity contribution in [2.45, 2.75) is 25.7 Å². The number of hydrogen-bond acceptors (Lipinski definition) is 2. The summed E-state index contributed by atoms with van der Waals surface area (Å²) in [5, 5.41) is 8.74. The zero-order chi connectivity index (χ0) is 10.3. The van der Waals surface area contributed by atoms with E-state index in [9.17, 15) is 0 Å². The van der Waals surface area contributed by atoms with Crippen molar-refractivity contribution < 1.29 is 0 Å². The molecule has 0 saturated carbocycles. The van der Waals surface area contributed by atoms with Crippen LogP contribution >= 0.6 is 0 Å². The summed E-state index contributed by atoms with van der Waals surface area (Å²) < 4.78 is 0. The number of nitriles is 1. The molecular formula is C13H14N2. The minimum absolute atomic E-state index is 0.556. The number of aryl methyl sites for hydroxylation is 1. The fraction of sp³-hybridized carbons (Fsp3) is 0.462. The molecule has 15 heavy (non-hydrogen) atoms.